The van der Waals surface area contributed by atoms with Gasteiger partial charge in [-0.25, -0.2) is 4.57 Å². The summed E-state index contributed by atoms with van der Waals surface area (Å²) in [5.41, 5.74) is 0.286. The molecule has 0 aliphatic carbocycles. The number of aromatic nitrogens is 1. The average Bonchev–Trinajstić information content (AvgIpc) is 2.59. The molecule has 0 amide bonds. The maximum atomic E-state index is 11.3. The van der Waals surface area contributed by atoms with Crippen LogP contribution in [0.4, 0.5) is 5.82 Å². The lowest BCUT2D eigenvalue weighted by molar-refractivity contribution is -0.392. The summed E-state index contributed by atoms with van der Waals surface area (Å²) in [6.45, 7) is 2.11. The van der Waals surface area contributed by atoms with Crippen LogP contribution in [0.2, 0.25) is 0 Å². The smallest absolute Gasteiger partial charge is 0.323 e. The van der Waals surface area contributed by atoms with Gasteiger partial charge in [0.15, 0.2) is 5.69 Å². The molecule has 0 saturated heterocycles. The average molecular weight is 217 g/mol. The molecule has 0 spiro atoms. The first-order valence-corrected chi connectivity index (χ1v) is 4.58. The number of carbonyl (C=O) groups is 1. The van der Waals surface area contributed by atoms with Gasteiger partial charge in [-0.1, -0.05) is 0 Å². The lowest BCUT2D eigenvalue weighted by Gasteiger charge is -2.00. The van der Waals surface area contributed by atoms with E-state index in [9.17, 15) is 14.9 Å². The quantitative estimate of drug-likeness (QED) is 0.334. The van der Waals surface area contributed by atoms with Gasteiger partial charge in [0.25, 0.3) is 0 Å². The van der Waals surface area contributed by atoms with Crippen molar-refractivity contribution in [3.63, 3.8) is 0 Å². The van der Waals surface area contributed by atoms with E-state index in [4.69, 9.17) is 11.6 Å². The first-order valence-electron chi connectivity index (χ1n) is 4.04. The van der Waals surface area contributed by atoms with Crippen LogP contribution in [0.5, 0.6) is 0 Å². The maximum absolute atomic E-state index is 11.3. The molecule has 76 valence electrons. The summed E-state index contributed by atoms with van der Waals surface area (Å²) in [6, 6.07) is 2.73. The minimum Gasteiger partial charge on any atom is -0.358 e. The van der Waals surface area contributed by atoms with Crippen LogP contribution < -0.4 is 0 Å². The zero-order valence-corrected chi connectivity index (χ0v) is 8.32. The number of hydrogen-bond donors (Lipinski definition) is 0. The molecule has 6 heteroatoms. The number of Topliss-reactive ketones (excluding diaryl/α,β-unsaturated/α-hetero) is 1. The van der Waals surface area contributed by atoms with Crippen molar-refractivity contribution >= 4 is 23.2 Å². The molecule has 14 heavy (non-hydrogen) atoms. The van der Waals surface area contributed by atoms with Crippen LogP contribution in [0, 0.1) is 10.1 Å². The van der Waals surface area contributed by atoms with Crippen LogP contribution in [0.3, 0.4) is 0 Å². The predicted octanol–water partition coefficient (Wildman–Crippen LogP) is 1.84. The van der Waals surface area contributed by atoms with Gasteiger partial charge in [0, 0.05) is 6.07 Å². The number of nitrogens with zero attached hydrogens (tertiary/aromatic N) is 2. The summed E-state index contributed by atoms with van der Waals surface area (Å²) >= 11 is 5.37. The fourth-order valence-electron chi connectivity index (χ4n) is 1.26. The van der Waals surface area contributed by atoms with Gasteiger partial charge < -0.3 is 10.1 Å². The van der Waals surface area contributed by atoms with E-state index >= 15 is 0 Å². The summed E-state index contributed by atoms with van der Waals surface area (Å²) in [5.74, 6) is -0.552. The van der Waals surface area contributed by atoms with Gasteiger partial charge in [0.1, 0.15) is 0 Å². The molecule has 0 saturated carbocycles. The molecule has 0 aliphatic rings. The summed E-state index contributed by atoms with van der Waals surface area (Å²) in [4.78, 5) is 21.3. The number of alkyl halides is 1. The van der Waals surface area contributed by atoms with Gasteiger partial charge in [-0.3, -0.25) is 4.79 Å². The van der Waals surface area contributed by atoms with E-state index in [0.717, 1.165) is 0 Å². The molecule has 0 fully saturated rings. The zero-order chi connectivity index (χ0) is 10.7. The standard InChI is InChI=1S/C8H9ClN2O3/c1-2-10-6(7(12)5-9)3-4-8(10)11(13)14/h3-4H,2,5H2,1H3. The molecule has 1 aromatic heterocycles. The Morgan fingerprint density at radius 1 is 1.64 bits per heavy atom. The number of ketones is 1. The molecule has 5 nitrogen and oxygen atoms in total. The van der Waals surface area contributed by atoms with E-state index in [0.29, 0.717) is 6.54 Å². The third-order valence-electron chi connectivity index (χ3n) is 1.87. The van der Waals surface area contributed by atoms with Crippen molar-refractivity contribution in [3.05, 3.63) is 27.9 Å². The Kier molecular flexibility index (Phi) is 3.24. The zero-order valence-electron chi connectivity index (χ0n) is 7.57. The summed E-state index contributed by atoms with van der Waals surface area (Å²) in [6.07, 6.45) is 0. The van der Waals surface area contributed by atoms with Crippen molar-refractivity contribution in [2.24, 2.45) is 0 Å². The number of rotatable bonds is 4. The molecule has 1 aromatic rings. The molecule has 0 unspecified atom stereocenters. The van der Waals surface area contributed by atoms with Gasteiger partial charge in [-0.05, 0) is 17.9 Å². The Bertz CT molecular complexity index is 373. The van der Waals surface area contributed by atoms with Crippen molar-refractivity contribution in [3.8, 4) is 0 Å². The molecule has 0 aliphatic heterocycles. The number of halogens is 1. The minimum atomic E-state index is -0.519. The summed E-state index contributed by atoms with van der Waals surface area (Å²) in [7, 11) is 0. The second kappa shape index (κ2) is 4.23. The highest BCUT2D eigenvalue weighted by atomic mass is 35.5. The topological polar surface area (TPSA) is 65.1 Å². The Hall–Kier alpha value is -1.36. The number of nitro groups is 1. The minimum absolute atomic E-state index is 0.0824. The lowest BCUT2D eigenvalue weighted by atomic mass is 10.3. The highest BCUT2D eigenvalue weighted by Gasteiger charge is 2.21. The van der Waals surface area contributed by atoms with Crippen LogP contribution in [0.25, 0.3) is 0 Å². The van der Waals surface area contributed by atoms with E-state index in [1.54, 1.807) is 6.92 Å². The SMILES string of the molecule is CCn1c(C(=O)CCl)ccc1[N+](=O)[O-]. The van der Waals surface area contributed by atoms with Crippen LogP contribution in [0.15, 0.2) is 12.1 Å². The van der Waals surface area contributed by atoms with Crippen LogP contribution in [0.1, 0.15) is 17.4 Å². The number of hydrogen-bond acceptors (Lipinski definition) is 3. The van der Waals surface area contributed by atoms with Gasteiger partial charge in [-0.2, -0.15) is 0 Å². The molecule has 0 radical (unpaired) electrons. The van der Waals surface area contributed by atoms with E-state index in [1.165, 1.54) is 16.7 Å². The van der Waals surface area contributed by atoms with Gasteiger partial charge in [-0.15, -0.1) is 11.6 Å². The molecule has 1 heterocycles. The van der Waals surface area contributed by atoms with E-state index in [2.05, 4.69) is 0 Å². The van der Waals surface area contributed by atoms with E-state index in [-0.39, 0.29) is 23.2 Å². The van der Waals surface area contributed by atoms with Crippen LogP contribution in [-0.4, -0.2) is 21.2 Å². The third-order valence-corrected chi connectivity index (χ3v) is 2.11. The fraction of sp³-hybridized carbons (Fsp3) is 0.375. The molecular weight excluding hydrogens is 208 g/mol. The van der Waals surface area contributed by atoms with Gasteiger partial charge in [0.05, 0.1) is 12.4 Å². The Morgan fingerprint density at radius 3 is 2.71 bits per heavy atom. The highest BCUT2D eigenvalue weighted by molar-refractivity contribution is 6.30. The molecule has 0 N–H and O–H groups in total. The number of carbonyl (C=O) groups excluding carboxylic acids is 1. The van der Waals surface area contributed by atoms with E-state index < -0.39 is 4.92 Å². The Balaban J connectivity index is 3.20. The van der Waals surface area contributed by atoms with Gasteiger partial charge in [0.2, 0.25) is 5.78 Å². The largest absolute Gasteiger partial charge is 0.358 e. The third kappa shape index (κ3) is 1.77. The Morgan fingerprint density at radius 2 is 2.29 bits per heavy atom. The van der Waals surface area contributed by atoms with E-state index in [1.807, 2.05) is 0 Å². The monoisotopic (exact) mass is 216 g/mol. The summed E-state index contributed by atoms with van der Waals surface area (Å²) < 4.78 is 1.34. The lowest BCUT2D eigenvalue weighted by Crippen LogP contribution is -2.11. The normalized spacial score (nSPS) is 10.1. The second-order valence-corrected chi connectivity index (χ2v) is 2.90. The van der Waals surface area contributed by atoms with Crippen molar-refractivity contribution in [2.45, 2.75) is 13.5 Å². The molecule has 0 atom stereocenters. The van der Waals surface area contributed by atoms with Crippen LogP contribution >= 0.6 is 11.6 Å². The van der Waals surface area contributed by atoms with Gasteiger partial charge >= 0.3 is 5.82 Å². The predicted molar refractivity (Wildman–Crippen MR) is 51.8 cm³/mol. The van der Waals surface area contributed by atoms with Crippen molar-refractivity contribution in [1.82, 2.24) is 4.57 Å². The van der Waals surface area contributed by atoms with Crippen molar-refractivity contribution in [2.75, 3.05) is 5.88 Å². The molecule has 0 aromatic carbocycles. The summed E-state index contributed by atoms with van der Waals surface area (Å²) in [5, 5.41) is 10.5. The highest BCUT2D eigenvalue weighted by Crippen LogP contribution is 2.17. The molecule has 0 bridgehead atoms. The first kappa shape index (κ1) is 10.7. The van der Waals surface area contributed by atoms with Crippen molar-refractivity contribution in [1.29, 1.82) is 0 Å². The Labute approximate surface area is 85.4 Å². The fourth-order valence-corrected chi connectivity index (χ4v) is 1.40. The molecular formula is C8H9ClN2O3. The maximum Gasteiger partial charge on any atom is 0.323 e. The van der Waals surface area contributed by atoms with Crippen molar-refractivity contribution < 1.29 is 9.72 Å². The second-order valence-electron chi connectivity index (χ2n) is 2.63. The first-order chi connectivity index (χ1) is 6.61. The van der Waals surface area contributed by atoms with Crippen LogP contribution in [-0.2, 0) is 6.54 Å². The molecule has 1 rings (SSSR count).